The highest BCUT2D eigenvalue weighted by molar-refractivity contribution is 5.65. The van der Waals surface area contributed by atoms with E-state index in [1.54, 1.807) is 6.07 Å². The Bertz CT molecular complexity index is 575. The third-order valence-electron chi connectivity index (χ3n) is 3.39. The van der Waals surface area contributed by atoms with E-state index in [0.29, 0.717) is 11.6 Å². The normalized spacial score (nSPS) is 11.1. The van der Waals surface area contributed by atoms with Gasteiger partial charge in [0.15, 0.2) is 0 Å². The molecule has 2 heteroatoms. The minimum Gasteiger partial charge on any atom is -0.310 e. The van der Waals surface area contributed by atoms with Crippen molar-refractivity contribution in [3.63, 3.8) is 0 Å². The molecule has 0 aromatic heterocycles. The van der Waals surface area contributed by atoms with Crippen molar-refractivity contribution in [2.75, 3.05) is 0 Å². The van der Waals surface area contributed by atoms with E-state index in [2.05, 4.69) is 38.2 Å². The highest BCUT2D eigenvalue weighted by atomic mass is 19.1. The van der Waals surface area contributed by atoms with Crippen LogP contribution in [0.3, 0.4) is 0 Å². The van der Waals surface area contributed by atoms with Gasteiger partial charge in [0.05, 0.1) is 0 Å². The molecule has 0 aliphatic carbocycles. The second kappa shape index (κ2) is 6.67. The van der Waals surface area contributed by atoms with Crippen LogP contribution in [-0.2, 0) is 13.0 Å². The SMILES string of the molecule is CCc1cccc(-c2cc(CNC(C)C)ccc2F)c1. The number of rotatable bonds is 5. The molecule has 0 amide bonds. The molecule has 20 heavy (non-hydrogen) atoms. The number of hydrogen-bond acceptors (Lipinski definition) is 1. The predicted octanol–water partition coefficient (Wildman–Crippen LogP) is 4.55. The minimum absolute atomic E-state index is 0.161. The van der Waals surface area contributed by atoms with Gasteiger partial charge in [-0.1, -0.05) is 51.1 Å². The van der Waals surface area contributed by atoms with E-state index < -0.39 is 0 Å². The predicted molar refractivity (Wildman–Crippen MR) is 83.2 cm³/mol. The first-order valence-electron chi connectivity index (χ1n) is 7.21. The van der Waals surface area contributed by atoms with E-state index in [-0.39, 0.29) is 5.82 Å². The molecule has 0 atom stereocenters. The van der Waals surface area contributed by atoms with Gasteiger partial charge in [-0.15, -0.1) is 0 Å². The number of aryl methyl sites for hydroxylation is 1. The van der Waals surface area contributed by atoms with Crippen LogP contribution in [0.15, 0.2) is 42.5 Å². The Hall–Kier alpha value is -1.67. The molecule has 0 fully saturated rings. The lowest BCUT2D eigenvalue weighted by Gasteiger charge is -2.11. The fraction of sp³-hybridized carbons (Fsp3) is 0.333. The first-order chi connectivity index (χ1) is 9.60. The lowest BCUT2D eigenvalue weighted by Crippen LogP contribution is -2.21. The van der Waals surface area contributed by atoms with Crippen LogP contribution in [0, 0.1) is 5.82 Å². The zero-order chi connectivity index (χ0) is 14.5. The maximum Gasteiger partial charge on any atom is 0.131 e. The Morgan fingerprint density at radius 1 is 1.05 bits per heavy atom. The fourth-order valence-corrected chi connectivity index (χ4v) is 2.18. The summed E-state index contributed by atoms with van der Waals surface area (Å²) in [6.07, 6.45) is 0.962. The monoisotopic (exact) mass is 271 g/mol. The van der Waals surface area contributed by atoms with Crippen LogP contribution in [0.25, 0.3) is 11.1 Å². The lowest BCUT2D eigenvalue weighted by atomic mass is 9.99. The molecule has 0 aliphatic rings. The van der Waals surface area contributed by atoms with Crippen molar-refractivity contribution in [3.05, 3.63) is 59.4 Å². The smallest absolute Gasteiger partial charge is 0.131 e. The summed E-state index contributed by atoms with van der Waals surface area (Å²) in [6.45, 7) is 7.08. The summed E-state index contributed by atoms with van der Waals surface area (Å²) in [5, 5.41) is 3.36. The Balaban J connectivity index is 2.32. The van der Waals surface area contributed by atoms with Gasteiger partial charge in [0.2, 0.25) is 0 Å². The Morgan fingerprint density at radius 3 is 2.55 bits per heavy atom. The second-order valence-corrected chi connectivity index (χ2v) is 5.40. The van der Waals surface area contributed by atoms with Crippen LogP contribution in [-0.4, -0.2) is 6.04 Å². The van der Waals surface area contributed by atoms with Crippen molar-refractivity contribution in [2.45, 2.75) is 39.8 Å². The van der Waals surface area contributed by atoms with E-state index >= 15 is 0 Å². The number of halogens is 1. The van der Waals surface area contributed by atoms with Gasteiger partial charge in [0.25, 0.3) is 0 Å². The van der Waals surface area contributed by atoms with Crippen LogP contribution >= 0.6 is 0 Å². The molecule has 0 saturated heterocycles. The molecule has 1 nitrogen and oxygen atoms in total. The maximum atomic E-state index is 14.1. The molecule has 0 radical (unpaired) electrons. The summed E-state index contributed by atoms with van der Waals surface area (Å²) in [5.74, 6) is -0.161. The molecular formula is C18H22FN. The highest BCUT2D eigenvalue weighted by Gasteiger charge is 2.07. The van der Waals surface area contributed by atoms with Crippen molar-refractivity contribution >= 4 is 0 Å². The van der Waals surface area contributed by atoms with Crippen molar-refractivity contribution in [3.8, 4) is 11.1 Å². The molecular weight excluding hydrogens is 249 g/mol. The minimum atomic E-state index is -0.161. The first kappa shape index (κ1) is 14.7. The molecule has 0 spiro atoms. The van der Waals surface area contributed by atoms with E-state index in [1.165, 1.54) is 5.56 Å². The molecule has 106 valence electrons. The molecule has 0 aliphatic heterocycles. The lowest BCUT2D eigenvalue weighted by molar-refractivity contribution is 0.586. The van der Waals surface area contributed by atoms with Gasteiger partial charge in [-0.05, 0) is 35.2 Å². The van der Waals surface area contributed by atoms with Crippen molar-refractivity contribution in [1.29, 1.82) is 0 Å². The Labute approximate surface area is 120 Å². The summed E-state index contributed by atoms with van der Waals surface area (Å²) in [5.41, 5.74) is 3.97. The van der Waals surface area contributed by atoms with Crippen LogP contribution in [0.1, 0.15) is 31.9 Å². The Morgan fingerprint density at radius 2 is 1.85 bits per heavy atom. The van der Waals surface area contributed by atoms with Gasteiger partial charge in [-0.3, -0.25) is 0 Å². The van der Waals surface area contributed by atoms with Crippen molar-refractivity contribution < 1.29 is 4.39 Å². The number of nitrogens with one attached hydrogen (secondary N) is 1. The fourth-order valence-electron chi connectivity index (χ4n) is 2.18. The van der Waals surface area contributed by atoms with E-state index in [1.807, 2.05) is 24.3 Å². The summed E-state index contributed by atoms with van der Waals surface area (Å²) >= 11 is 0. The van der Waals surface area contributed by atoms with Crippen LogP contribution < -0.4 is 5.32 Å². The number of benzene rings is 2. The standard InChI is InChI=1S/C18H22FN/c1-4-14-6-5-7-16(10-14)17-11-15(8-9-18(17)19)12-20-13(2)3/h5-11,13,20H,4,12H2,1-3H3. The molecule has 0 unspecified atom stereocenters. The quantitative estimate of drug-likeness (QED) is 0.841. The Kier molecular flexibility index (Phi) is 4.91. The molecule has 1 N–H and O–H groups in total. The van der Waals surface area contributed by atoms with Gasteiger partial charge in [0, 0.05) is 18.2 Å². The molecule has 0 heterocycles. The first-order valence-corrected chi connectivity index (χ1v) is 7.21. The second-order valence-electron chi connectivity index (χ2n) is 5.40. The summed E-state index contributed by atoms with van der Waals surface area (Å²) in [6, 6.07) is 13.9. The number of hydrogen-bond donors (Lipinski definition) is 1. The van der Waals surface area contributed by atoms with E-state index in [0.717, 1.165) is 24.1 Å². The average molecular weight is 271 g/mol. The van der Waals surface area contributed by atoms with Gasteiger partial charge >= 0.3 is 0 Å². The third kappa shape index (κ3) is 3.67. The van der Waals surface area contributed by atoms with Crippen molar-refractivity contribution in [1.82, 2.24) is 5.32 Å². The van der Waals surface area contributed by atoms with Crippen LogP contribution in [0.4, 0.5) is 4.39 Å². The zero-order valence-corrected chi connectivity index (χ0v) is 12.4. The molecule has 0 saturated carbocycles. The van der Waals surface area contributed by atoms with E-state index in [9.17, 15) is 4.39 Å². The van der Waals surface area contributed by atoms with Crippen LogP contribution in [0.2, 0.25) is 0 Å². The third-order valence-corrected chi connectivity index (χ3v) is 3.39. The highest BCUT2D eigenvalue weighted by Crippen LogP contribution is 2.25. The molecule has 2 rings (SSSR count). The summed E-state index contributed by atoms with van der Waals surface area (Å²) in [4.78, 5) is 0. The van der Waals surface area contributed by atoms with Gasteiger partial charge in [-0.25, -0.2) is 4.39 Å². The van der Waals surface area contributed by atoms with E-state index in [4.69, 9.17) is 0 Å². The molecule has 2 aromatic carbocycles. The van der Waals surface area contributed by atoms with Gasteiger partial charge < -0.3 is 5.32 Å². The van der Waals surface area contributed by atoms with Crippen LogP contribution in [0.5, 0.6) is 0 Å². The topological polar surface area (TPSA) is 12.0 Å². The summed E-state index contributed by atoms with van der Waals surface area (Å²) in [7, 11) is 0. The largest absolute Gasteiger partial charge is 0.310 e. The van der Waals surface area contributed by atoms with Crippen molar-refractivity contribution in [2.24, 2.45) is 0 Å². The average Bonchev–Trinajstić information content (AvgIpc) is 2.46. The molecule has 2 aromatic rings. The van der Waals surface area contributed by atoms with Gasteiger partial charge in [-0.2, -0.15) is 0 Å². The maximum absolute atomic E-state index is 14.1. The summed E-state index contributed by atoms with van der Waals surface area (Å²) < 4.78 is 14.1. The zero-order valence-electron chi connectivity index (χ0n) is 12.4. The molecule has 0 bridgehead atoms. The van der Waals surface area contributed by atoms with Gasteiger partial charge in [0.1, 0.15) is 5.82 Å².